The third-order valence-electron chi connectivity index (χ3n) is 3.01. The van der Waals surface area contributed by atoms with Crippen LogP contribution in [0.2, 0.25) is 0 Å². The molecular weight excluding hydrogens is 222 g/mol. The summed E-state index contributed by atoms with van der Waals surface area (Å²) in [6, 6.07) is 8.14. The standard InChI is InChI=1S/C15H25N3/c1-2-3-4-5-6-7-8-13-9-11-14(12-10-13)18-15(16)17/h9-12H,2-8H2,1H3,(H4,16,17,18). The zero-order chi connectivity index (χ0) is 13.2. The lowest BCUT2D eigenvalue weighted by atomic mass is 10.0. The molecule has 3 nitrogen and oxygen atoms in total. The van der Waals surface area contributed by atoms with Gasteiger partial charge in [-0.15, -0.1) is 0 Å². The summed E-state index contributed by atoms with van der Waals surface area (Å²) < 4.78 is 0. The minimum Gasteiger partial charge on any atom is -0.370 e. The van der Waals surface area contributed by atoms with E-state index in [0.29, 0.717) is 0 Å². The van der Waals surface area contributed by atoms with E-state index in [-0.39, 0.29) is 5.96 Å². The smallest absolute Gasteiger partial charge is 0.191 e. The minimum absolute atomic E-state index is 0.110. The molecule has 0 aliphatic heterocycles. The van der Waals surface area contributed by atoms with E-state index >= 15 is 0 Å². The highest BCUT2D eigenvalue weighted by Crippen LogP contribution is 2.15. The Morgan fingerprint density at radius 1 is 0.944 bits per heavy atom. The van der Waals surface area contributed by atoms with E-state index in [1.165, 1.54) is 44.1 Å². The van der Waals surface area contributed by atoms with Crippen molar-refractivity contribution in [2.24, 2.45) is 16.5 Å². The highest BCUT2D eigenvalue weighted by atomic mass is 15.0. The molecule has 0 atom stereocenters. The Balaban J connectivity index is 2.25. The van der Waals surface area contributed by atoms with Crippen LogP contribution in [0.4, 0.5) is 5.69 Å². The van der Waals surface area contributed by atoms with Crippen molar-refractivity contribution in [2.75, 3.05) is 0 Å². The number of hydrogen-bond acceptors (Lipinski definition) is 1. The van der Waals surface area contributed by atoms with Gasteiger partial charge in [0.25, 0.3) is 0 Å². The molecule has 4 N–H and O–H groups in total. The maximum Gasteiger partial charge on any atom is 0.191 e. The number of nitrogens with two attached hydrogens (primary N) is 2. The molecule has 100 valence electrons. The van der Waals surface area contributed by atoms with Crippen LogP contribution in [0.5, 0.6) is 0 Å². The van der Waals surface area contributed by atoms with Gasteiger partial charge in [-0.2, -0.15) is 0 Å². The summed E-state index contributed by atoms with van der Waals surface area (Å²) in [5, 5.41) is 0. The zero-order valence-corrected chi connectivity index (χ0v) is 11.4. The topological polar surface area (TPSA) is 64.4 Å². The maximum atomic E-state index is 5.33. The molecule has 0 heterocycles. The summed E-state index contributed by atoms with van der Waals surface area (Å²) in [4.78, 5) is 4.00. The fourth-order valence-electron chi connectivity index (χ4n) is 2.00. The Morgan fingerprint density at radius 2 is 1.56 bits per heavy atom. The molecule has 0 aliphatic carbocycles. The summed E-state index contributed by atoms with van der Waals surface area (Å²) in [5.74, 6) is 0.110. The lowest BCUT2D eigenvalue weighted by Crippen LogP contribution is -2.21. The van der Waals surface area contributed by atoms with Gasteiger partial charge >= 0.3 is 0 Å². The number of aryl methyl sites for hydroxylation is 1. The van der Waals surface area contributed by atoms with Crippen molar-refractivity contribution < 1.29 is 0 Å². The molecule has 0 bridgehead atoms. The Hall–Kier alpha value is -1.51. The molecule has 3 heteroatoms. The molecule has 0 saturated heterocycles. The number of hydrogen-bond donors (Lipinski definition) is 2. The highest BCUT2D eigenvalue weighted by molar-refractivity contribution is 5.78. The fourth-order valence-corrected chi connectivity index (χ4v) is 2.00. The van der Waals surface area contributed by atoms with E-state index in [1.54, 1.807) is 0 Å². The third-order valence-corrected chi connectivity index (χ3v) is 3.01. The van der Waals surface area contributed by atoms with Crippen LogP contribution in [0.1, 0.15) is 51.0 Å². The van der Waals surface area contributed by atoms with E-state index in [9.17, 15) is 0 Å². The average Bonchev–Trinajstić information content (AvgIpc) is 2.35. The van der Waals surface area contributed by atoms with Gasteiger partial charge in [-0.1, -0.05) is 51.2 Å². The largest absolute Gasteiger partial charge is 0.370 e. The van der Waals surface area contributed by atoms with Crippen LogP contribution >= 0.6 is 0 Å². The van der Waals surface area contributed by atoms with Gasteiger partial charge in [0.1, 0.15) is 0 Å². The first-order valence-corrected chi connectivity index (χ1v) is 6.91. The fraction of sp³-hybridized carbons (Fsp3) is 0.533. The second kappa shape index (κ2) is 8.56. The molecule has 0 saturated carbocycles. The molecule has 0 aromatic heterocycles. The van der Waals surface area contributed by atoms with Crippen LogP contribution in [0.25, 0.3) is 0 Å². The lowest BCUT2D eigenvalue weighted by molar-refractivity contribution is 0.607. The van der Waals surface area contributed by atoms with Crippen LogP contribution in [0.3, 0.4) is 0 Å². The average molecular weight is 247 g/mol. The molecule has 0 fully saturated rings. The van der Waals surface area contributed by atoms with E-state index in [1.807, 2.05) is 12.1 Å². The summed E-state index contributed by atoms with van der Waals surface area (Å²) >= 11 is 0. The molecule has 1 rings (SSSR count). The van der Waals surface area contributed by atoms with Gasteiger partial charge in [0, 0.05) is 0 Å². The number of guanidine groups is 1. The molecule has 0 unspecified atom stereocenters. The van der Waals surface area contributed by atoms with Crippen molar-refractivity contribution in [3.05, 3.63) is 29.8 Å². The minimum atomic E-state index is 0.110. The first-order valence-electron chi connectivity index (χ1n) is 6.91. The molecule has 0 radical (unpaired) electrons. The normalized spacial score (nSPS) is 10.3. The Kier molecular flexibility index (Phi) is 6.92. The van der Waals surface area contributed by atoms with Gasteiger partial charge in [-0.3, -0.25) is 0 Å². The maximum absolute atomic E-state index is 5.33. The van der Waals surface area contributed by atoms with E-state index in [2.05, 4.69) is 24.0 Å². The number of nitrogens with zero attached hydrogens (tertiary/aromatic N) is 1. The Morgan fingerprint density at radius 3 is 2.17 bits per heavy atom. The summed E-state index contributed by atoms with van der Waals surface area (Å²) in [6.45, 7) is 2.25. The van der Waals surface area contributed by atoms with Gasteiger partial charge in [0.05, 0.1) is 5.69 Å². The predicted molar refractivity (Wildman–Crippen MR) is 79.0 cm³/mol. The first-order chi connectivity index (χ1) is 8.72. The Bertz CT molecular complexity index is 351. The van der Waals surface area contributed by atoms with Crippen molar-refractivity contribution in [3.63, 3.8) is 0 Å². The monoisotopic (exact) mass is 247 g/mol. The number of benzene rings is 1. The lowest BCUT2D eigenvalue weighted by Gasteiger charge is -2.02. The van der Waals surface area contributed by atoms with Crippen molar-refractivity contribution in [1.29, 1.82) is 0 Å². The van der Waals surface area contributed by atoms with Gasteiger partial charge < -0.3 is 11.5 Å². The second-order valence-electron chi connectivity index (χ2n) is 4.72. The first kappa shape index (κ1) is 14.6. The van der Waals surface area contributed by atoms with E-state index < -0.39 is 0 Å². The van der Waals surface area contributed by atoms with Crippen LogP contribution in [-0.4, -0.2) is 5.96 Å². The Labute approximate surface area is 110 Å². The molecular formula is C15H25N3. The van der Waals surface area contributed by atoms with Crippen molar-refractivity contribution in [3.8, 4) is 0 Å². The van der Waals surface area contributed by atoms with Crippen molar-refractivity contribution >= 4 is 11.6 Å². The number of aliphatic imine (C=N–C) groups is 1. The molecule has 0 aliphatic rings. The van der Waals surface area contributed by atoms with Crippen molar-refractivity contribution in [1.82, 2.24) is 0 Å². The molecule has 0 spiro atoms. The van der Waals surface area contributed by atoms with E-state index in [4.69, 9.17) is 11.5 Å². The molecule has 18 heavy (non-hydrogen) atoms. The summed E-state index contributed by atoms with van der Waals surface area (Å²) in [6.07, 6.45) is 9.16. The van der Waals surface area contributed by atoms with Gasteiger partial charge in [-0.05, 0) is 30.5 Å². The van der Waals surface area contributed by atoms with Crippen LogP contribution in [0.15, 0.2) is 29.3 Å². The second-order valence-corrected chi connectivity index (χ2v) is 4.72. The quantitative estimate of drug-likeness (QED) is 0.419. The molecule has 0 amide bonds. The SMILES string of the molecule is CCCCCCCCc1ccc(N=C(N)N)cc1. The summed E-state index contributed by atoms with van der Waals surface area (Å²) in [7, 11) is 0. The van der Waals surface area contributed by atoms with Crippen LogP contribution < -0.4 is 11.5 Å². The molecule has 1 aromatic rings. The highest BCUT2D eigenvalue weighted by Gasteiger charge is 1.95. The van der Waals surface area contributed by atoms with Gasteiger partial charge in [0.2, 0.25) is 0 Å². The number of rotatable bonds is 8. The molecule has 1 aromatic carbocycles. The third kappa shape index (κ3) is 6.28. The number of unbranched alkanes of at least 4 members (excludes halogenated alkanes) is 5. The van der Waals surface area contributed by atoms with Crippen LogP contribution in [0, 0.1) is 0 Å². The van der Waals surface area contributed by atoms with Gasteiger partial charge in [0.15, 0.2) is 5.96 Å². The van der Waals surface area contributed by atoms with E-state index in [0.717, 1.165) is 12.1 Å². The summed E-state index contributed by atoms with van der Waals surface area (Å²) in [5.41, 5.74) is 12.8. The predicted octanol–water partition coefficient (Wildman–Crippen LogP) is 3.49. The van der Waals surface area contributed by atoms with Crippen LogP contribution in [-0.2, 0) is 6.42 Å². The van der Waals surface area contributed by atoms with Crippen molar-refractivity contribution in [2.45, 2.75) is 51.9 Å². The zero-order valence-electron chi connectivity index (χ0n) is 11.4. The van der Waals surface area contributed by atoms with Gasteiger partial charge in [-0.25, -0.2) is 4.99 Å².